The molecule has 1 aliphatic heterocycles. The van der Waals surface area contributed by atoms with Gasteiger partial charge in [0.1, 0.15) is 18.3 Å². The Labute approximate surface area is 202 Å². The summed E-state index contributed by atoms with van der Waals surface area (Å²) in [5.74, 6) is -1.48. The van der Waals surface area contributed by atoms with Gasteiger partial charge in [-0.3, -0.25) is 10.1 Å². The second-order valence-electron chi connectivity index (χ2n) is 8.43. The van der Waals surface area contributed by atoms with E-state index in [1.54, 1.807) is 24.5 Å². The van der Waals surface area contributed by atoms with E-state index in [2.05, 4.69) is 15.3 Å². The molecule has 0 aliphatic carbocycles. The molecule has 0 bridgehead atoms. The molecule has 0 radical (unpaired) electrons. The van der Waals surface area contributed by atoms with Gasteiger partial charge in [-0.2, -0.15) is 0 Å². The zero-order valence-corrected chi connectivity index (χ0v) is 18.9. The predicted octanol–water partition coefficient (Wildman–Crippen LogP) is 3.10. The van der Waals surface area contributed by atoms with Crippen molar-refractivity contribution in [2.45, 2.75) is 43.3 Å². The average Bonchev–Trinajstić information content (AvgIpc) is 3.23. The molecule has 8 nitrogen and oxygen atoms in total. The summed E-state index contributed by atoms with van der Waals surface area (Å²) in [6.45, 7) is 0. The Morgan fingerprint density at radius 3 is 2.49 bits per heavy atom. The highest BCUT2D eigenvalue weighted by molar-refractivity contribution is 5.67. The van der Waals surface area contributed by atoms with Crippen molar-refractivity contribution in [2.24, 2.45) is 0 Å². The first-order chi connectivity index (χ1) is 16.9. The second-order valence-corrected chi connectivity index (χ2v) is 8.43. The molecule has 2 heterocycles. The van der Waals surface area contributed by atoms with Crippen molar-refractivity contribution in [2.75, 3.05) is 0 Å². The summed E-state index contributed by atoms with van der Waals surface area (Å²) < 4.78 is 13.7. The van der Waals surface area contributed by atoms with Crippen LogP contribution >= 0.6 is 0 Å². The van der Waals surface area contributed by atoms with Crippen LogP contribution in [-0.4, -0.2) is 48.4 Å². The van der Waals surface area contributed by atoms with Crippen molar-refractivity contribution in [1.82, 2.24) is 20.2 Å². The van der Waals surface area contributed by atoms with Gasteiger partial charge in [-0.05, 0) is 35.4 Å². The van der Waals surface area contributed by atoms with E-state index < -0.39 is 24.6 Å². The summed E-state index contributed by atoms with van der Waals surface area (Å²) in [6, 6.07) is 17.2. The first kappa shape index (κ1) is 24.5. The van der Waals surface area contributed by atoms with E-state index in [0.717, 1.165) is 16.8 Å². The number of aliphatic hydroxyl groups is 2. The van der Waals surface area contributed by atoms with Gasteiger partial charge in [0.2, 0.25) is 0 Å². The number of hydrogen-bond donors (Lipinski definition) is 4. The number of nitrogens with one attached hydrogen (secondary N) is 1. The molecular weight excluding hydrogens is 451 g/mol. The second kappa shape index (κ2) is 11.2. The molecule has 0 saturated carbocycles. The Kier molecular flexibility index (Phi) is 7.81. The molecule has 4 N–H and O–H groups in total. The standard InChI is InChI=1S/C26H27FN4O4/c27-19-8-6-17(7-9-19)25-24(22-10-12-28-16-29-22)30-26(18-4-2-1-3-5-18)31(25)13-11-20(32)14-21(33)15-23(34)35/h1-13,16,20-21,24-26,30,32-33H,14-15H2,(H,34,35)/b13-11+. The van der Waals surface area contributed by atoms with Gasteiger partial charge in [0.25, 0.3) is 0 Å². The molecule has 5 unspecified atom stereocenters. The molecule has 1 aliphatic rings. The largest absolute Gasteiger partial charge is 0.481 e. The molecule has 4 rings (SSSR count). The molecule has 9 heteroatoms. The fourth-order valence-corrected chi connectivity index (χ4v) is 4.36. The monoisotopic (exact) mass is 478 g/mol. The van der Waals surface area contributed by atoms with Crippen LogP contribution in [0, 0.1) is 5.82 Å². The lowest BCUT2D eigenvalue weighted by Crippen LogP contribution is -2.25. The number of aliphatic carboxylic acids is 1. The number of aliphatic hydroxyl groups excluding tert-OH is 2. The van der Waals surface area contributed by atoms with Crippen LogP contribution in [0.4, 0.5) is 4.39 Å². The van der Waals surface area contributed by atoms with Crippen molar-refractivity contribution in [3.63, 3.8) is 0 Å². The first-order valence-corrected chi connectivity index (χ1v) is 11.3. The third-order valence-electron chi connectivity index (χ3n) is 5.93. The van der Waals surface area contributed by atoms with Crippen LogP contribution in [0.25, 0.3) is 0 Å². The van der Waals surface area contributed by atoms with Crippen LogP contribution in [-0.2, 0) is 4.79 Å². The highest BCUT2D eigenvalue weighted by Crippen LogP contribution is 2.45. The quantitative estimate of drug-likeness (QED) is 0.371. The Balaban J connectivity index is 1.71. The van der Waals surface area contributed by atoms with Crippen LogP contribution in [0.5, 0.6) is 0 Å². The van der Waals surface area contributed by atoms with Crippen LogP contribution in [0.3, 0.4) is 0 Å². The molecule has 3 aromatic rings. The predicted molar refractivity (Wildman–Crippen MR) is 126 cm³/mol. The van der Waals surface area contributed by atoms with Gasteiger partial charge in [-0.1, -0.05) is 42.5 Å². The summed E-state index contributed by atoms with van der Waals surface area (Å²) in [5.41, 5.74) is 2.57. The molecule has 1 saturated heterocycles. The minimum absolute atomic E-state index is 0.114. The van der Waals surface area contributed by atoms with E-state index in [9.17, 15) is 19.4 Å². The van der Waals surface area contributed by atoms with E-state index >= 15 is 0 Å². The van der Waals surface area contributed by atoms with Crippen molar-refractivity contribution < 1.29 is 24.5 Å². The number of benzene rings is 2. The van der Waals surface area contributed by atoms with Gasteiger partial charge in [-0.15, -0.1) is 0 Å². The number of nitrogens with zero attached hydrogens (tertiary/aromatic N) is 3. The summed E-state index contributed by atoms with van der Waals surface area (Å²) in [6.07, 6.45) is 3.30. The number of hydrogen-bond acceptors (Lipinski definition) is 7. The molecule has 1 fully saturated rings. The highest BCUT2D eigenvalue weighted by atomic mass is 19.1. The lowest BCUT2D eigenvalue weighted by Gasteiger charge is -2.30. The molecule has 1 aromatic heterocycles. The Morgan fingerprint density at radius 2 is 1.83 bits per heavy atom. The first-order valence-electron chi connectivity index (χ1n) is 11.3. The SMILES string of the molecule is O=C(O)CC(O)CC(O)/C=C/N1C(c2ccccc2)NC(c2ccncn2)C1c1ccc(F)cc1. The summed E-state index contributed by atoms with van der Waals surface area (Å²) >= 11 is 0. The van der Waals surface area contributed by atoms with E-state index in [-0.39, 0.29) is 30.5 Å². The number of aromatic nitrogens is 2. The molecule has 35 heavy (non-hydrogen) atoms. The van der Waals surface area contributed by atoms with Crippen LogP contribution in [0.15, 0.2) is 85.5 Å². The van der Waals surface area contributed by atoms with Gasteiger partial charge in [0, 0.05) is 18.8 Å². The van der Waals surface area contributed by atoms with E-state index in [1.165, 1.54) is 24.5 Å². The van der Waals surface area contributed by atoms with Gasteiger partial charge in [-0.25, -0.2) is 14.4 Å². The molecule has 0 amide bonds. The molecular formula is C26H27FN4O4. The fraction of sp³-hybridized carbons (Fsp3) is 0.269. The zero-order valence-electron chi connectivity index (χ0n) is 18.9. The van der Waals surface area contributed by atoms with E-state index in [0.29, 0.717) is 0 Å². The van der Waals surface area contributed by atoms with Crippen LogP contribution in [0.2, 0.25) is 0 Å². The number of carboxylic acids is 1. The number of carboxylic acid groups (broad SMARTS) is 1. The Morgan fingerprint density at radius 1 is 1.09 bits per heavy atom. The number of halogens is 1. The van der Waals surface area contributed by atoms with Crippen molar-refractivity contribution >= 4 is 5.97 Å². The molecule has 2 aromatic carbocycles. The topological polar surface area (TPSA) is 119 Å². The maximum absolute atomic E-state index is 13.7. The van der Waals surface area contributed by atoms with Crippen molar-refractivity contribution in [3.05, 3.63) is 108 Å². The lowest BCUT2D eigenvalue weighted by atomic mass is 9.97. The van der Waals surface area contributed by atoms with Gasteiger partial charge in [0.05, 0.1) is 36.4 Å². The third-order valence-corrected chi connectivity index (χ3v) is 5.93. The maximum atomic E-state index is 13.7. The van der Waals surface area contributed by atoms with Crippen LogP contribution < -0.4 is 5.32 Å². The van der Waals surface area contributed by atoms with Crippen LogP contribution in [0.1, 0.15) is 47.9 Å². The van der Waals surface area contributed by atoms with Crippen molar-refractivity contribution in [3.8, 4) is 0 Å². The summed E-state index contributed by atoms with van der Waals surface area (Å²) in [7, 11) is 0. The highest BCUT2D eigenvalue weighted by Gasteiger charge is 2.42. The Bertz CT molecular complexity index is 1130. The molecule has 5 atom stereocenters. The van der Waals surface area contributed by atoms with E-state index in [1.807, 2.05) is 41.3 Å². The minimum atomic E-state index is -1.17. The normalized spacial score (nSPS) is 21.8. The van der Waals surface area contributed by atoms with E-state index in [4.69, 9.17) is 5.11 Å². The molecule has 0 spiro atoms. The Hall–Kier alpha value is -3.66. The maximum Gasteiger partial charge on any atom is 0.305 e. The van der Waals surface area contributed by atoms with Gasteiger partial charge >= 0.3 is 5.97 Å². The zero-order chi connectivity index (χ0) is 24.8. The lowest BCUT2D eigenvalue weighted by molar-refractivity contribution is -0.139. The fourth-order valence-electron chi connectivity index (χ4n) is 4.36. The number of rotatable bonds is 9. The summed E-state index contributed by atoms with van der Waals surface area (Å²) in [4.78, 5) is 21.3. The minimum Gasteiger partial charge on any atom is -0.481 e. The summed E-state index contributed by atoms with van der Waals surface area (Å²) in [5, 5.41) is 32.9. The smallest absolute Gasteiger partial charge is 0.305 e. The number of carbonyl (C=O) groups is 1. The third kappa shape index (κ3) is 6.07. The molecule has 182 valence electrons. The van der Waals surface area contributed by atoms with Crippen molar-refractivity contribution in [1.29, 1.82) is 0 Å². The van der Waals surface area contributed by atoms with Gasteiger partial charge in [0.15, 0.2) is 0 Å². The average molecular weight is 479 g/mol. The van der Waals surface area contributed by atoms with Gasteiger partial charge < -0.3 is 20.2 Å².